The quantitative estimate of drug-likeness (QED) is 0.140. The van der Waals surface area contributed by atoms with E-state index in [0.29, 0.717) is 42.4 Å². The van der Waals surface area contributed by atoms with Crippen LogP contribution < -0.4 is 20.1 Å². The smallest absolute Gasteiger partial charge is 0.255 e. The molecule has 3 N–H and O–H groups in total. The molecule has 3 aliphatic rings. The molecule has 1 atom stereocenters. The van der Waals surface area contributed by atoms with Crippen molar-refractivity contribution < 1.29 is 23.9 Å². The second kappa shape index (κ2) is 13.4. The number of H-pyrrole nitrogens is 1. The molecule has 1 unspecified atom stereocenters. The van der Waals surface area contributed by atoms with Gasteiger partial charge >= 0.3 is 0 Å². The average molecular weight is 704 g/mol. The minimum Gasteiger partial charge on any atom is -0.489 e. The monoisotopic (exact) mass is 703 g/mol. The number of pyridine rings is 3. The van der Waals surface area contributed by atoms with Crippen LogP contribution in [0.25, 0.3) is 32.9 Å². The number of nitrogens with one attached hydrogen (secondary N) is 3. The van der Waals surface area contributed by atoms with Gasteiger partial charge in [-0.25, -0.2) is 9.97 Å². The number of piperidine rings is 1. The lowest BCUT2D eigenvalue weighted by Crippen LogP contribution is -2.52. The van der Waals surface area contributed by atoms with Crippen LogP contribution in [0.15, 0.2) is 91.5 Å². The number of amides is 3. The van der Waals surface area contributed by atoms with Gasteiger partial charge in [0.05, 0.1) is 12.7 Å². The minimum absolute atomic E-state index is 0.0322. The molecular formula is C41H33N7O5. The summed E-state index contributed by atoms with van der Waals surface area (Å²) >= 11 is 0. The van der Waals surface area contributed by atoms with Crippen LogP contribution in [0.3, 0.4) is 0 Å². The highest BCUT2D eigenvalue weighted by atomic mass is 16.5. The number of anilines is 1. The van der Waals surface area contributed by atoms with E-state index in [1.54, 1.807) is 24.5 Å². The highest BCUT2D eigenvalue weighted by Gasteiger charge is 2.40. The second-order valence-electron chi connectivity index (χ2n) is 13.4. The summed E-state index contributed by atoms with van der Waals surface area (Å²) in [6.07, 6.45) is 9.30. The number of nitrogens with zero attached hydrogens (tertiary/aromatic N) is 4. The molecule has 2 fully saturated rings. The lowest BCUT2D eigenvalue weighted by atomic mass is 9.92. The Labute approximate surface area is 303 Å². The van der Waals surface area contributed by atoms with Gasteiger partial charge in [-0.2, -0.15) is 0 Å². The van der Waals surface area contributed by atoms with Crippen molar-refractivity contribution in [1.29, 1.82) is 0 Å². The van der Waals surface area contributed by atoms with Crippen molar-refractivity contribution >= 4 is 45.2 Å². The van der Waals surface area contributed by atoms with Crippen molar-refractivity contribution in [2.75, 3.05) is 11.9 Å². The third-order valence-corrected chi connectivity index (χ3v) is 10.0. The molecule has 262 valence electrons. The first-order valence-corrected chi connectivity index (χ1v) is 17.6. The van der Waals surface area contributed by atoms with Crippen LogP contribution in [0, 0.1) is 11.8 Å². The summed E-state index contributed by atoms with van der Waals surface area (Å²) in [6.45, 7) is 0.629. The normalized spacial score (nSPS) is 19.3. The Morgan fingerprint density at radius 2 is 1.75 bits per heavy atom. The molecule has 12 nitrogen and oxygen atoms in total. The number of benzene rings is 2. The van der Waals surface area contributed by atoms with E-state index in [-0.39, 0.29) is 30.4 Å². The maximum Gasteiger partial charge on any atom is 0.255 e. The fourth-order valence-electron chi connectivity index (χ4n) is 7.17. The van der Waals surface area contributed by atoms with Crippen LogP contribution in [-0.2, 0) is 16.1 Å². The summed E-state index contributed by atoms with van der Waals surface area (Å²) in [6, 6.07) is 20.8. The molecule has 4 aromatic heterocycles. The Kier molecular flexibility index (Phi) is 8.15. The zero-order valence-electron chi connectivity index (χ0n) is 28.5. The van der Waals surface area contributed by atoms with Gasteiger partial charge in [-0.05, 0) is 60.4 Å². The van der Waals surface area contributed by atoms with Gasteiger partial charge in [0, 0.05) is 94.6 Å². The molecule has 2 aromatic carbocycles. The molecule has 9 rings (SSSR count). The van der Waals surface area contributed by atoms with Crippen molar-refractivity contribution in [1.82, 2.24) is 30.2 Å². The SMILES string of the molecule is O=C1CCC(N2Cc3c(NCC#Cc4ccc(O[C@H]5C[C@H](Oc6ccc(-c7ccc8c(c7)[nH]c7ccncc78)cn6)C5)cn4)cccc3C2=O)C(=O)N1. The molecule has 6 heterocycles. The third kappa shape index (κ3) is 6.38. The zero-order valence-corrected chi connectivity index (χ0v) is 28.5. The maximum atomic E-state index is 13.1. The van der Waals surface area contributed by atoms with Gasteiger partial charge in [0.1, 0.15) is 29.7 Å². The number of aromatic nitrogens is 4. The number of hydrogen-bond donors (Lipinski definition) is 3. The van der Waals surface area contributed by atoms with Crippen LogP contribution in [0.2, 0.25) is 0 Å². The third-order valence-electron chi connectivity index (χ3n) is 10.0. The Morgan fingerprint density at radius 3 is 2.58 bits per heavy atom. The van der Waals surface area contributed by atoms with E-state index in [4.69, 9.17) is 9.47 Å². The molecule has 2 aliphatic heterocycles. The van der Waals surface area contributed by atoms with Crippen LogP contribution in [0.5, 0.6) is 11.6 Å². The fraction of sp³-hybridized carbons (Fsp3) is 0.220. The van der Waals surface area contributed by atoms with Crippen LogP contribution in [-0.4, -0.2) is 67.4 Å². The molecule has 6 aromatic rings. The lowest BCUT2D eigenvalue weighted by Gasteiger charge is -2.34. The summed E-state index contributed by atoms with van der Waals surface area (Å²) in [5, 5.41) is 7.89. The molecule has 1 saturated carbocycles. The molecule has 3 amide bonds. The zero-order chi connectivity index (χ0) is 35.9. The largest absolute Gasteiger partial charge is 0.489 e. The summed E-state index contributed by atoms with van der Waals surface area (Å²) < 4.78 is 12.2. The molecular weight excluding hydrogens is 670 g/mol. The number of carbonyl (C=O) groups excluding carboxylic acids is 3. The van der Waals surface area contributed by atoms with Crippen LogP contribution >= 0.6 is 0 Å². The lowest BCUT2D eigenvalue weighted by molar-refractivity contribution is -0.136. The molecule has 1 aliphatic carbocycles. The van der Waals surface area contributed by atoms with Crippen LogP contribution in [0.1, 0.15) is 47.3 Å². The van der Waals surface area contributed by atoms with Crippen molar-refractivity contribution in [3.8, 4) is 34.6 Å². The first kappa shape index (κ1) is 32.2. The summed E-state index contributed by atoms with van der Waals surface area (Å²) in [5.74, 6) is 6.46. The highest BCUT2D eigenvalue weighted by molar-refractivity contribution is 6.08. The topological polar surface area (TPSA) is 151 Å². The van der Waals surface area contributed by atoms with Crippen molar-refractivity contribution in [3.63, 3.8) is 0 Å². The van der Waals surface area contributed by atoms with Crippen LogP contribution in [0.4, 0.5) is 5.69 Å². The molecule has 12 heteroatoms. The molecule has 0 radical (unpaired) electrons. The van der Waals surface area contributed by atoms with E-state index in [9.17, 15) is 14.4 Å². The number of imide groups is 1. The van der Waals surface area contributed by atoms with Gasteiger partial charge in [-0.15, -0.1) is 0 Å². The number of ether oxygens (including phenoxy) is 2. The molecule has 0 bridgehead atoms. The predicted molar refractivity (Wildman–Crippen MR) is 197 cm³/mol. The summed E-state index contributed by atoms with van der Waals surface area (Å²) in [5.41, 5.74) is 6.98. The fourth-order valence-corrected chi connectivity index (χ4v) is 7.17. The van der Waals surface area contributed by atoms with E-state index in [0.717, 1.165) is 57.0 Å². The Bertz CT molecular complexity index is 2460. The number of aromatic amines is 1. The van der Waals surface area contributed by atoms with E-state index >= 15 is 0 Å². The first-order valence-electron chi connectivity index (χ1n) is 17.6. The van der Waals surface area contributed by atoms with Crippen molar-refractivity contribution in [3.05, 3.63) is 108 Å². The van der Waals surface area contributed by atoms with E-state index < -0.39 is 11.9 Å². The highest BCUT2D eigenvalue weighted by Crippen LogP contribution is 2.33. The van der Waals surface area contributed by atoms with Gasteiger partial charge in [0.25, 0.3) is 5.91 Å². The number of hydrogen-bond acceptors (Lipinski definition) is 9. The van der Waals surface area contributed by atoms with E-state index in [1.807, 2.05) is 48.8 Å². The van der Waals surface area contributed by atoms with E-state index in [1.165, 1.54) is 4.90 Å². The van der Waals surface area contributed by atoms with Gasteiger partial charge in [-0.1, -0.05) is 24.1 Å². The molecule has 1 saturated heterocycles. The van der Waals surface area contributed by atoms with Crippen molar-refractivity contribution in [2.24, 2.45) is 0 Å². The van der Waals surface area contributed by atoms with Gasteiger partial charge < -0.3 is 24.7 Å². The Hall–Kier alpha value is -6.74. The second-order valence-corrected chi connectivity index (χ2v) is 13.4. The number of fused-ring (bicyclic) bond motifs is 4. The standard InChI is InChI=1S/C41H33N7O5/c49-38-12-11-37(40(50)47-38)48-23-33-31(41(48)51)4-1-5-34(33)43-15-2-3-26-8-9-27(21-44-26)52-28-18-29(19-28)53-39-13-7-25(20-45-39)24-6-10-30-32-22-42-16-14-35(32)46-36(30)17-24/h1,4-10,13-14,16-17,20-22,28-29,37,43,46H,11-12,15,18-19,23H2,(H,47,49,50)/t28-,29-,37?. The van der Waals surface area contributed by atoms with E-state index in [2.05, 4.69) is 60.6 Å². The molecule has 53 heavy (non-hydrogen) atoms. The summed E-state index contributed by atoms with van der Waals surface area (Å²) in [7, 11) is 0. The van der Waals surface area contributed by atoms with Gasteiger partial charge in [0.15, 0.2) is 0 Å². The number of rotatable bonds is 8. The van der Waals surface area contributed by atoms with Gasteiger partial charge in [-0.3, -0.25) is 24.7 Å². The predicted octanol–water partition coefficient (Wildman–Crippen LogP) is 5.39. The maximum absolute atomic E-state index is 13.1. The number of carbonyl (C=O) groups is 3. The average Bonchev–Trinajstić information content (AvgIpc) is 3.70. The minimum atomic E-state index is -0.656. The first-order chi connectivity index (χ1) is 25.9. The molecule has 0 spiro atoms. The van der Waals surface area contributed by atoms with Crippen molar-refractivity contribution in [2.45, 2.75) is 50.5 Å². The summed E-state index contributed by atoms with van der Waals surface area (Å²) in [4.78, 5) is 55.3. The van der Waals surface area contributed by atoms with Gasteiger partial charge in [0.2, 0.25) is 17.7 Å². The Morgan fingerprint density at radius 1 is 0.868 bits per heavy atom. The Balaban J connectivity index is 0.739.